The van der Waals surface area contributed by atoms with Crippen molar-refractivity contribution in [2.75, 3.05) is 11.6 Å². The quantitative estimate of drug-likeness (QED) is 0.700. The number of nitrogens with zero attached hydrogens (tertiary/aromatic N) is 1. The highest BCUT2D eigenvalue weighted by atomic mass is 16.5. The number of anilines is 1. The third-order valence-corrected chi connectivity index (χ3v) is 5.98. The van der Waals surface area contributed by atoms with E-state index in [-0.39, 0.29) is 25.0 Å². The summed E-state index contributed by atoms with van der Waals surface area (Å²) < 4.78 is 5.90. The first-order chi connectivity index (χ1) is 13.8. The normalized spacial score (nSPS) is 15.8. The van der Waals surface area contributed by atoms with Crippen molar-refractivity contribution in [3.63, 3.8) is 0 Å². The Labute approximate surface area is 173 Å². The average Bonchev–Trinajstić information content (AvgIpc) is 2.93. The second kappa shape index (κ2) is 8.32. The summed E-state index contributed by atoms with van der Waals surface area (Å²) >= 11 is 0. The molecule has 0 spiro atoms. The van der Waals surface area contributed by atoms with E-state index in [2.05, 4.69) is 0 Å². The molecule has 3 rings (SSSR count). The summed E-state index contributed by atoms with van der Waals surface area (Å²) in [6.07, 6.45) is 1.48. The monoisotopic (exact) mass is 391 g/mol. The van der Waals surface area contributed by atoms with Gasteiger partial charge in [-0.25, -0.2) is 0 Å². The van der Waals surface area contributed by atoms with Crippen molar-refractivity contribution < 1.29 is 19.4 Å². The molecule has 2 aromatic carbocycles. The van der Waals surface area contributed by atoms with Gasteiger partial charge in [0.05, 0.1) is 17.5 Å². The molecule has 2 radical (unpaired) electrons. The minimum atomic E-state index is -0.819. The number of carbonyl (C=O) groups is 2. The van der Waals surface area contributed by atoms with Crippen molar-refractivity contribution in [1.82, 2.24) is 0 Å². The van der Waals surface area contributed by atoms with Crippen LogP contribution in [0.3, 0.4) is 0 Å². The maximum Gasteiger partial charge on any atom is 0.303 e. The summed E-state index contributed by atoms with van der Waals surface area (Å²) in [6, 6.07) is 12.9. The number of benzene rings is 2. The summed E-state index contributed by atoms with van der Waals surface area (Å²) in [7, 11) is 5.99. The van der Waals surface area contributed by atoms with E-state index in [9.17, 15) is 9.59 Å². The molecule has 0 bridgehead atoms. The van der Waals surface area contributed by atoms with Crippen LogP contribution in [0.4, 0.5) is 5.69 Å². The molecule has 1 heterocycles. The molecule has 0 fully saturated rings. The van der Waals surface area contributed by atoms with Crippen LogP contribution in [0.15, 0.2) is 42.5 Å². The molecule has 1 N–H and O–H groups in total. The van der Waals surface area contributed by atoms with Gasteiger partial charge in [0.25, 0.3) is 0 Å². The topological polar surface area (TPSA) is 66.8 Å². The summed E-state index contributed by atoms with van der Waals surface area (Å²) in [5, 5.41) is 8.94. The molecule has 0 saturated heterocycles. The molecule has 2 aromatic rings. The Morgan fingerprint density at radius 2 is 1.83 bits per heavy atom. The Morgan fingerprint density at radius 3 is 2.41 bits per heavy atom. The zero-order chi connectivity index (χ0) is 21.2. The molecule has 1 unspecified atom stereocenters. The number of carboxylic acids is 1. The molecule has 1 amide bonds. The predicted octanol–water partition coefficient (Wildman–Crippen LogP) is 3.50. The number of carboxylic acid groups (broad SMARTS) is 1. The number of aliphatic carboxylic acids is 1. The molecular weight excluding hydrogens is 365 g/mol. The molecule has 0 saturated carbocycles. The Bertz CT molecular complexity index is 906. The first kappa shape index (κ1) is 21.0. The molecule has 1 atom stereocenters. The van der Waals surface area contributed by atoms with Crippen molar-refractivity contribution in [2.24, 2.45) is 0 Å². The third kappa shape index (κ3) is 3.89. The maximum absolute atomic E-state index is 13.3. The summed E-state index contributed by atoms with van der Waals surface area (Å²) in [6.45, 7) is 6.04. The van der Waals surface area contributed by atoms with Gasteiger partial charge in [-0.15, -0.1) is 0 Å². The predicted molar refractivity (Wildman–Crippen MR) is 114 cm³/mol. The molecule has 1 aliphatic rings. The van der Waals surface area contributed by atoms with Gasteiger partial charge in [-0.2, -0.15) is 0 Å². The van der Waals surface area contributed by atoms with Gasteiger partial charge in [-0.3, -0.25) is 14.5 Å². The smallest absolute Gasteiger partial charge is 0.303 e. The largest absolute Gasteiger partial charge is 0.481 e. The van der Waals surface area contributed by atoms with Gasteiger partial charge < -0.3 is 9.84 Å². The number of ether oxygens (including phenoxy) is 1. The van der Waals surface area contributed by atoms with Crippen molar-refractivity contribution in [3.8, 4) is 5.75 Å². The van der Waals surface area contributed by atoms with Gasteiger partial charge >= 0.3 is 5.97 Å². The molecule has 0 aromatic heterocycles. The van der Waals surface area contributed by atoms with Gasteiger partial charge in [0.2, 0.25) is 5.91 Å². The fourth-order valence-electron chi connectivity index (χ4n) is 4.13. The number of fused-ring (bicyclic) bond motifs is 1. The number of hydrogen-bond acceptors (Lipinski definition) is 3. The highest BCUT2D eigenvalue weighted by Gasteiger charge is 2.48. The lowest BCUT2D eigenvalue weighted by molar-refractivity contribution is -0.137. The van der Waals surface area contributed by atoms with Gasteiger partial charge in [0, 0.05) is 0 Å². The average molecular weight is 391 g/mol. The first-order valence-electron chi connectivity index (χ1n) is 9.99. The lowest BCUT2D eigenvalue weighted by Crippen LogP contribution is -2.41. The number of hydrogen-bond donors (Lipinski definition) is 1. The molecular formula is C23H26BNO4. The van der Waals surface area contributed by atoms with Crippen LogP contribution in [0.1, 0.15) is 57.1 Å². The number of rotatable bonds is 8. The summed E-state index contributed by atoms with van der Waals surface area (Å²) in [4.78, 5) is 25.8. The van der Waals surface area contributed by atoms with Crippen LogP contribution in [-0.2, 0) is 15.0 Å². The maximum atomic E-state index is 13.3. The Kier molecular flexibility index (Phi) is 6.01. The number of amides is 1. The molecule has 5 nitrogen and oxygen atoms in total. The zero-order valence-corrected chi connectivity index (χ0v) is 17.1. The molecule has 0 aliphatic carbocycles. The highest BCUT2D eigenvalue weighted by Crippen LogP contribution is 2.45. The van der Waals surface area contributed by atoms with Crippen molar-refractivity contribution in [2.45, 2.75) is 51.4 Å². The summed E-state index contributed by atoms with van der Waals surface area (Å²) in [5.74, 6) is -0.227. The second-order valence-electron chi connectivity index (χ2n) is 7.64. The molecule has 6 heteroatoms. The van der Waals surface area contributed by atoms with Crippen LogP contribution in [-0.4, -0.2) is 31.6 Å². The minimum Gasteiger partial charge on any atom is -0.481 e. The van der Waals surface area contributed by atoms with E-state index in [0.29, 0.717) is 24.1 Å². The fourth-order valence-corrected chi connectivity index (χ4v) is 4.13. The molecule has 150 valence electrons. The van der Waals surface area contributed by atoms with E-state index in [4.69, 9.17) is 17.7 Å². The summed E-state index contributed by atoms with van der Waals surface area (Å²) in [5.41, 5.74) is 2.84. The first-order valence-corrected chi connectivity index (χ1v) is 9.99. The number of carbonyl (C=O) groups excluding carboxylic acids is 1. The standard InChI is InChI=1S/C23H26BNO4/c1-4-23(5-2)19-13-17(24)8-11-20(19)25(22(23)28)14-29-18-9-6-16(7-10-18)15(3)12-21(26)27/h6-11,13,15H,4-5,12,14H2,1-3H3,(H,26,27). The van der Waals surface area contributed by atoms with E-state index >= 15 is 0 Å². The SMILES string of the molecule is [B]c1ccc2c(c1)C(CC)(CC)C(=O)N2COc1ccc(C(C)CC(=O)O)cc1. The van der Waals surface area contributed by atoms with E-state index < -0.39 is 11.4 Å². The van der Waals surface area contributed by atoms with Gasteiger partial charge in [-0.05, 0) is 48.1 Å². The van der Waals surface area contributed by atoms with E-state index in [1.165, 1.54) is 0 Å². The highest BCUT2D eigenvalue weighted by molar-refractivity contribution is 6.32. The van der Waals surface area contributed by atoms with Crippen LogP contribution < -0.4 is 15.1 Å². The Hall–Kier alpha value is -2.76. The van der Waals surface area contributed by atoms with Crippen molar-refractivity contribution >= 4 is 30.9 Å². The van der Waals surface area contributed by atoms with Crippen LogP contribution in [0.2, 0.25) is 0 Å². The Balaban J connectivity index is 1.77. The second-order valence-corrected chi connectivity index (χ2v) is 7.64. The van der Waals surface area contributed by atoms with Crippen LogP contribution in [0.25, 0.3) is 0 Å². The molecule has 29 heavy (non-hydrogen) atoms. The van der Waals surface area contributed by atoms with E-state index in [1.54, 1.807) is 11.0 Å². The zero-order valence-electron chi connectivity index (χ0n) is 17.1. The Morgan fingerprint density at radius 1 is 1.17 bits per heavy atom. The fraction of sp³-hybridized carbons (Fsp3) is 0.391. The van der Waals surface area contributed by atoms with Crippen LogP contribution in [0, 0.1) is 0 Å². The molecule has 1 aliphatic heterocycles. The van der Waals surface area contributed by atoms with E-state index in [1.807, 2.05) is 57.2 Å². The van der Waals surface area contributed by atoms with Gasteiger partial charge in [0.15, 0.2) is 6.73 Å². The van der Waals surface area contributed by atoms with Gasteiger partial charge in [0.1, 0.15) is 13.6 Å². The lowest BCUT2D eigenvalue weighted by Gasteiger charge is -2.26. The van der Waals surface area contributed by atoms with Crippen LogP contribution >= 0.6 is 0 Å². The van der Waals surface area contributed by atoms with Gasteiger partial charge in [-0.1, -0.05) is 50.5 Å². The van der Waals surface area contributed by atoms with Crippen molar-refractivity contribution in [1.29, 1.82) is 0 Å². The van der Waals surface area contributed by atoms with Crippen LogP contribution in [0.5, 0.6) is 5.75 Å². The van der Waals surface area contributed by atoms with Crippen molar-refractivity contribution in [3.05, 3.63) is 53.6 Å². The lowest BCUT2D eigenvalue weighted by atomic mass is 9.75. The van der Waals surface area contributed by atoms with E-state index in [0.717, 1.165) is 16.8 Å². The third-order valence-electron chi connectivity index (χ3n) is 5.98. The minimum absolute atomic E-state index is 0.0369.